The molecule has 0 radical (unpaired) electrons. The third kappa shape index (κ3) is 5.27. The maximum atomic E-state index is 12.1. The standard InChI is InChI=1S/C13H18Cl2N2O2/c1-2-3-6-17(7-8-18)13(19)16-12-9-10(14)4-5-11(12)15/h4-5,9,18H,2-3,6-8H2,1H3,(H,16,19). The van der Waals surface area contributed by atoms with E-state index in [4.69, 9.17) is 28.3 Å². The van der Waals surface area contributed by atoms with Crippen molar-refractivity contribution in [2.75, 3.05) is 25.0 Å². The zero-order valence-electron chi connectivity index (χ0n) is 10.8. The molecule has 6 heteroatoms. The predicted molar refractivity (Wildman–Crippen MR) is 79.0 cm³/mol. The van der Waals surface area contributed by atoms with Gasteiger partial charge in [-0.1, -0.05) is 36.5 Å². The summed E-state index contributed by atoms with van der Waals surface area (Å²) in [6, 6.07) is 4.59. The van der Waals surface area contributed by atoms with Crippen molar-refractivity contribution in [3.63, 3.8) is 0 Å². The number of nitrogens with one attached hydrogen (secondary N) is 1. The summed E-state index contributed by atoms with van der Waals surface area (Å²) in [4.78, 5) is 13.6. The van der Waals surface area contributed by atoms with Gasteiger partial charge >= 0.3 is 6.03 Å². The summed E-state index contributed by atoms with van der Waals surface area (Å²) in [5.41, 5.74) is 0.471. The zero-order valence-corrected chi connectivity index (χ0v) is 12.3. The highest BCUT2D eigenvalue weighted by molar-refractivity contribution is 6.35. The van der Waals surface area contributed by atoms with Crippen molar-refractivity contribution >= 4 is 34.9 Å². The first kappa shape index (κ1) is 16.1. The molecule has 1 rings (SSSR count). The largest absolute Gasteiger partial charge is 0.395 e. The average molecular weight is 305 g/mol. The van der Waals surface area contributed by atoms with Crippen LogP contribution in [0.3, 0.4) is 0 Å². The Bertz CT molecular complexity index is 427. The molecule has 0 saturated heterocycles. The van der Waals surface area contributed by atoms with Crippen molar-refractivity contribution in [1.29, 1.82) is 0 Å². The number of hydrogen-bond acceptors (Lipinski definition) is 2. The number of aliphatic hydroxyl groups is 1. The first-order chi connectivity index (χ1) is 9.08. The third-order valence-corrected chi connectivity index (χ3v) is 3.17. The molecule has 0 fully saturated rings. The Labute approximate surface area is 123 Å². The number of unbranched alkanes of at least 4 members (excludes halogenated alkanes) is 1. The van der Waals surface area contributed by atoms with Gasteiger partial charge in [-0.15, -0.1) is 0 Å². The van der Waals surface area contributed by atoms with Gasteiger partial charge in [-0.3, -0.25) is 0 Å². The van der Waals surface area contributed by atoms with E-state index in [0.717, 1.165) is 12.8 Å². The molecule has 0 aromatic heterocycles. The first-order valence-corrected chi connectivity index (χ1v) is 6.96. The molecule has 19 heavy (non-hydrogen) atoms. The molecule has 0 heterocycles. The van der Waals surface area contributed by atoms with Gasteiger partial charge in [-0.2, -0.15) is 0 Å². The summed E-state index contributed by atoms with van der Waals surface area (Å²) in [7, 11) is 0. The van der Waals surface area contributed by atoms with Gasteiger partial charge < -0.3 is 15.3 Å². The number of benzene rings is 1. The minimum atomic E-state index is -0.285. The number of aliphatic hydroxyl groups excluding tert-OH is 1. The Kier molecular flexibility index (Phi) is 6.99. The van der Waals surface area contributed by atoms with Crippen LogP contribution in [-0.4, -0.2) is 35.7 Å². The second-order valence-corrected chi connectivity index (χ2v) is 4.96. The molecule has 1 aromatic carbocycles. The van der Waals surface area contributed by atoms with E-state index in [1.54, 1.807) is 23.1 Å². The van der Waals surface area contributed by atoms with Gasteiger partial charge in [0, 0.05) is 18.1 Å². The van der Waals surface area contributed by atoms with Gasteiger partial charge in [0.15, 0.2) is 0 Å². The van der Waals surface area contributed by atoms with Gasteiger partial charge in [0.1, 0.15) is 0 Å². The van der Waals surface area contributed by atoms with Crippen LogP contribution >= 0.6 is 23.2 Å². The zero-order chi connectivity index (χ0) is 14.3. The lowest BCUT2D eigenvalue weighted by Gasteiger charge is -2.22. The minimum Gasteiger partial charge on any atom is -0.395 e. The summed E-state index contributed by atoms with van der Waals surface area (Å²) in [6.07, 6.45) is 1.86. The number of carbonyl (C=O) groups is 1. The Hall–Kier alpha value is -0.970. The van der Waals surface area contributed by atoms with Gasteiger partial charge in [-0.25, -0.2) is 4.79 Å². The average Bonchev–Trinajstić information content (AvgIpc) is 2.38. The number of nitrogens with zero attached hydrogens (tertiary/aromatic N) is 1. The van der Waals surface area contributed by atoms with Crippen LogP contribution in [0.5, 0.6) is 0 Å². The minimum absolute atomic E-state index is 0.0690. The van der Waals surface area contributed by atoms with Gasteiger partial charge in [-0.05, 0) is 24.6 Å². The van der Waals surface area contributed by atoms with Crippen molar-refractivity contribution < 1.29 is 9.90 Å². The van der Waals surface area contributed by atoms with E-state index in [1.807, 2.05) is 6.92 Å². The van der Waals surface area contributed by atoms with Crippen LogP contribution < -0.4 is 5.32 Å². The van der Waals surface area contributed by atoms with Crippen molar-refractivity contribution in [1.82, 2.24) is 4.90 Å². The molecule has 0 bridgehead atoms. The predicted octanol–water partition coefficient (Wildman–Crippen LogP) is 3.62. The Balaban J connectivity index is 2.71. The van der Waals surface area contributed by atoms with Crippen LogP contribution in [-0.2, 0) is 0 Å². The maximum absolute atomic E-state index is 12.1. The van der Waals surface area contributed by atoms with Crippen LogP contribution in [0, 0.1) is 0 Å². The van der Waals surface area contributed by atoms with Crippen molar-refractivity contribution in [3.8, 4) is 0 Å². The van der Waals surface area contributed by atoms with Gasteiger partial charge in [0.2, 0.25) is 0 Å². The van der Waals surface area contributed by atoms with Crippen molar-refractivity contribution in [2.45, 2.75) is 19.8 Å². The second kappa shape index (κ2) is 8.25. The molecule has 0 aliphatic carbocycles. The van der Waals surface area contributed by atoms with Crippen molar-refractivity contribution in [3.05, 3.63) is 28.2 Å². The van der Waals surface area contributed by atoms with E-state index in [9.17, 15) is 4.79 Å². The number of rotatable bonds is 6. The summed E-state index contributed by atoms with van der Waals surface area (Å²) in [6.45, 7) is 2.87. The lowest BCUT2D eigenvalue weighted by Crippen LogP contribution is -2.37. The first-order valence-electron chi connectivity index (χ1n) is 6.20. The molecule has 2 amide bonds. The molecule has 0 aliphatic rings. The molecule has 4 nitrogen and oxygen atoms in total. The van der Waals surface area contributed by atoms with Crippen LogP contribution in [0.4, 0.5) is 10.5 Å². The molecular formula is C13H18Cl2N2O2. The summed E-state index contributed by atoms with van der Waals surface area (Å²) >= 11 is 11.8. The number of halogens is 2. The SMILES string of the molecule is CCCCN(CCO)C(=O)Nc1cc(Cl)ccc1Cl. The number of anilines is 1. The normalized spacial score (nSPS) is 10.3. The molecule has 0 unspecified atom stereocenters. The van der Waals surface area contributed by atoms with Gasteiger partial charge in [0.05, 0.1) is 17.3 Å². The Morgan fingerprint density at radius 2 is 2.11 bits per heavy atom. The van der Waals surface area contributed by atoms with E-state index in [-0.39, 0.29) is 12.6 Å². The summed E-state index contributed by atoms with van der Waals surface area (Å²) in [5, 5.41) is 12.6. The molecular weight excluding hydrogens is 287 g/mol. The molecule has 106 valence electrons. The smallest absolute Gasteiger partial charge is 0.321 e. The number of amides is 2. The molecule has 0 saturated carbocycles. The Morgan fingerprint density at radius 3 is 2.74 bits per heavy atom. The maximum Gasteiger partial charge on any atom is 0.321 e. The van der Waals surface area contributed by atoms with Crippen LogP contribution in [0.2, 0.25) is 10.0 Å². The van der Waals surface area contributed by atoms with E-state index in [2.05, 4.69) is 5.32 Å². The third-order valence-electron chi connectivity index (χ3n) is 2.61. The summed E-state index contributed by atoms with van der Waals surface area (Å²) < 4.78 is 0. The van der Waals surface area contributed by atoms with E-state index in [1.165, 1.54) is 0 Å². The number of carbonyl (C=O) groups excluding carboxylic acids is 1. The quantitative estimate of drug-likeness (QED) is 0.843. The monoisotopic (exact) mass is 304 g/mol. The second-order valence-electron chi connectivity index (χ2n) is 4.12. The molecule has 0 aliphatic heterocycles. The Morgan fingerprint density at radius 1 is 1.37 bits per heavy atom. The van der Waals surface area contributed by atoms with Crippen LogP contribution in [0.25, 0.3) is 0 Å². The lowest BCUT2D eigenvalue weighted by molar-refractivity contribution is 0.187. The lowest BCUT2D eigenvalue weighted by atomic mass is 10.3. The highest BCUT2D eigenvalue weighted by Gasteiger charge is 2.14. The molecule has 1 aromatic rings. The molecule has 2 N–H and O–H groups in total. The van der Waals surface area contributed by atoms with E-state index >= 15 is 0 Å². The van der Waals surface area contributed by atoms with Crippen LogP contribution in [0.15, 0.2) is 18.2 Å². The fraction of sp³-hybridized carbons (Fsp3) is 0.462. The topological polar surface area (TPSA) is 52.6 Å². The number of urea groups is 1. The molecule has 0 atom stereocenters. The summed E-state index contributed by atoms with van der Waals surface area (Å²) in [5.74, 6) is 0. The fourth-order valence-corrected chi connectivity index (χ4v) is 1.91. The van der Waals surface area contributed by atoms with E-state index < -0.39 is 0 Å². The van der Waals surface area contributed by atoms with Gasteiger partial charge in [0.25, 0.3) is 0 Å². The van der Waals surface area contributed by atoms with Crippen molar-refractivity contribution in [2.24, 2.45) is 0 Å². The van der Waals surface area contributed by atoms with Crippen LogP contribution in [0.1, 0.15) is 19.8 Å². The molecule has 0 spiro atoms. The fourth-order valence-electron chi connectivity index (χ4n) is 1.57. The van der Waals surface area contributed by atoms with E-state index in [0.29, 0.717) is 28.8 Å². The highest BCUT2D eigenvalue weighted by atomic mass is 35.5. The highest BCUT2D eigenvalue weighted by Crippen LogP contribution is 2.25. The number of hydrogen-bond donors (Lipinski definition) is 2.